The molecule has 0 radical (unpaired) electrons. The average Bonchev–Trinajstić information content (AvgIpc) is 2.86. The van der Waals surface area contributed by atoms with Gasteiger partial charge in [-0.1, -0.05) is 24.3 Å². The molecule has 2 aliphatic heterocycles. The Balaban J connectivity index is 1.50. The lowest BCUT2D eigenvalue weighted by molar-refractivity contribution is 0.0342. The van der Waals surface area contributed by atoms with Gasteiger partial charge < -0.3 is 21.1 Å². The first-order valence-corrected chi connectivity index (χ1v) is 11.5. The Labute approximate surface area is 196 Å². The Morgan fingerprint density at radius 3 is 2.59 bits per heavy atom. The third kappa shape index (κ3) is 4.56. The normalized spacial score (nSPS) is 21.6. The highest BCUT2D eigenvalue weighted by molar-refractivity contribution is 6.07. The fourth-order valence-corrected chi connectivity index (χ4v) is 4.54. The van der Waals surface area contributed by atoms with E-state index in [-0.39, 0.29) is 5.56 Å². The maximum Gasteiger partial charge on any atom is 0.251 e. The van der Waals surface area contributed by atoms with Crippen LogP contribution in [-0.2, 0) is 11.3 Å². The van der Waals surface area contributed by atoms with Crippen LogP contribution in [0.4, 0.5) is 10.2 Å². The van der Waals surface area contributed by atoms with E-state index in [1.165, 1.54) is 11.9 Å². The van der Waals surface area contributed by atoms with Gasteiger partial charge in [0.1, 0.15) is 23.5 Å². The molecule has 2 fully saturated rings. The number of nitrogens with two attached hydrogens (primary N) is 2. The van der Waals surface area contributed by atoms with E-state index in [0.717, 1.165) is 38.4 Å². The molecule has 4 N–H and O–H groups in total. The SMILES string of the molecule is NC(=O)c1cc(-c2ccc(CN3CCOCC3)cc2)nc2c(N3CC[C@H](F)[C@H](N)C3)ncnc12. The predicted octanol–water partition coefficient (Wildman–Crippen LogP) is 1.50. The monoisotopic (exact) mass is 465 g/mol. The number of halogens is 1. The molecule has 3 aromatic rings. The third-order valence-electron chi connectivity index (χ3n) is 6.47. The first-order valence-electron chi connectivity index (χ1n) is 11.5. The molecule has 0 aliphatic carbocycles. The van der Waals surface area contributed by atoms with E-state index in [0.29, 0.717) is 42.1 Å². The van der Waals surface area contributed by atoms with Gasteiger partial charge in [0.05, 0.1) is 30.5 Å². The quantitative estimate of drug-likeness (QED) is 0.581. The van der Waals surface area contributed by atoms with Crippen molar-refractivity contribution in [3.8, 4) is 11.3 Å². The predicted molar refractivity (Wildman–Crippen MR) is 127 cm³/mol. The number of pyridine rings is 1. The summed E-state index contributed by atoms with van der Waals surface area (Å²) in [6.45, 7) is 4.96. The summed E-state index contributed by atoms with van der Waals surface area (Å²) < 4.78 is 19.4. The number of carbonyl (C=O) groups is 1. The number of hydrogen-bond donors (Lipinski definition) is 2. The molecule has 9 nitrogen and oxygen atoms in total. The number of primary amides is 1. The number of carbonyl (C=O) groups excluding carboxylic acids is 1. The highest BCUT2D eigenvalue weighted by Gasteiger charge is 2.29. The number of amides is 1. The second-order valence-electron chi connectivity index (χ2n) is 8.81. The standard InChI is InChI=1S/C24H28FN7O2/c25-18-5-6-32(13-19(18)26)24-22-21(28-14-29-24)17(23(27)33)11-20(30-22)16-3-1-15(2-4-16)12-31-7-9-34-10-8-31/h1-4,11,14,18-19H,5-10,12-13,26H2,(H2,27,33)/t18-,19+/m0/s1. The van der Waals surface area contributed by atoms with E-state index in [1.54, 1.807) is 6.07 Å². The number of aromatic nitrogens is 3. The van der Waals surface area contributed by atoms with Crippen LogP contribution in [-0.4, -0.2) is 77.4 Å². The van der Waals surface area contributed by atoms with Crippen molar-refractivity contribution < 1.29 is 13.9 Å². The van der Waals surface area contributed by atoms with Gasteiger partial charge in [-0.2, -0.15) is 0 Å². The smallest absolute Gasteiger partial charge is 0.251 e. The molecule has 178 valence electrons. The number of nitrogens with zero attached hydrogens (tertiary/aromatic N) is 5. The number of alkyl halides is 1. The van der Waals surface area contributed by atoms with Gasteiger partial charge in [-0.25, -0.2) is 19.3 Å². The Morgan fingerprint density at radius 1 is 1.12 bits per heavy atom. The lowest BCUT2D eigenvalue weighted by Crippen LogP contribution is -2.50. The second kappa shape index (κ2) is 9.57. The highest BCUT2D eigenvalue weighted by atomic mass is 19.1. The molecule has 2 saturated heterocycles. The van der Waals surface area contributed by atoms with Crippen molar-refractivity contribution >= 4 is 22.8 Å². The van der Waals surface area contributed by atoms with Crippen molar-refractivity contribution in [2.75, 3.05) is 44.3 Å². The van der Waals surface area contributed by atoms with Crippen molar-refractivity contribution in [1.82, 2.24) is 19.9 Å². The van der Waals surface area contributed by atoms with Crippen LogP contribution in [0.3, 0.4) is 0 Å². The van der Waals surface area contributed by atoms with E-state index >= 15 is 0 Å². The van der Waals surface area contributed by atoms with Gasteiger partial charge in [-0.05, 0) is 18.1 Å². The minimum Gasteiger partial charge on any atom is -0.379 e. The molecule has 2 aliphatic rings. The maximum atomic E-state index is 13.9. The Kier molecular flexibility index (Phi) is 6.36. The van der Waals surface area contributed by atoms with Gasteiger partial charge >= 0.3 is 0 Å². The van der Waals surface area contributed by atoms with Crippen molar-refractivity contribution in [2.24, 2.45) is 11.5 Å². The third-order valence-corrected chi connectivity index (χ3v) is 6.47. The molecular weight excluding hydrogens is 437 g/mol. The number of fused-ring (bicyclic) bond motifs is 1. The molecule has 2 aromatic heterocycles. The zero-order chi connectivity index (χ0) is 23.7. The van der Waals surface area contributed by atoms with Crippen LogP contribution in [0.5, 0.6) is 0 Å². The van der Waals surface area contributed by atoms with Gasteiger partial charge in [-0.3, -0.25) is 9.69 Å². The van der Waals surface area contributed by atoms with E-state index in [2.05, 4.69) is 27.0 Å². The molecule has 5 rings (SSSR count). The van der Waals surface area contributed by atoms with Crippen molar-refractivity contribution in [1.29, 1.82) is 0 Å². The van der Waals surface area contributed by atoms with Crippen LogP contribution in [0.1, 0.15) is 22.3 Å². The van der Waals surface area contributed by atoms with Crippen molar-refractivity contribution in [3.63, 3.8) is 0 Å². The van der Waals surface area contributed by atoms with Crippen molar-refractivity contribution in [2.45, 2.75) is 25.2 Å². The molecule has 0 spiro atoms. The lowest BCUT2D eigenvalue weighted by atomic mass is 10.0. The van der Waals surface area contributed by atoms with E-state index in [9.17, 15) is 9.18 Å². The first kappa shape index (κ1) is 22.6. The molecule has 1 aromatic carbocycles. The van der Waals surface area contributed by atoms with E-state index < -0.39 is 18.1 Å². The van der Waals surface area contributed by atoms with E-state index in [1.807, 2.05) is 17.0 Å². The molecule has 2 atom stereocenters. The number of hydrogen-bond acceptors (Lipinski definition) is 8. The Bertz CT molecular complexity index is 1180. The summed E-state index contributed by atoms with van der Waals surface area (Å²) in [6.07, 6.45) is 0.628. The summed E-state index contributed by atoms with van der Waals surface area (Å²) in [6, 6.07) is 9.16. The highest BCUT2D eigenvalue weighted by Crippen LogP contribution is 2.30. The molecule has 4 heterocycles. The molecule has 0 unspecified atom stereocenters. The Morgan fingerprint density at radius 2 is 1.88 bits per heavy atom. The Hall–Kier alpha value is -3.21. The number of piperidine rings is 1. The first-order chi connectivity index (χ1) is 16.5. The maximum absolute atomic E-state index is 13.9. The minimum absolute atomic E-state index is 0.269. The zero-order valence-electron chi connectivity index (χ0n) is 18.9. The molecule has 0 bridgehead atoms. The molecule has 34 heavy (non-hydrogen) atoms. The molecule has 0 saturated carbocycles. The minimum atomic E-state index is -1.05. The van der Waals surface area contributed by atoms with Crippen LogP contribution in [0.25, 0.3) is 22.3 Å². The topological polar surface area (TPSA) is 123 Å². The zero-order valence-corrected chi connectivity index (χ0v) is 18.9. The number of anilines is 1. The summed E-state index contributed by atoms with van der Waals surface area (Å²) in [4.78, 5) is 30.1. The lowest BCUT2D eigenvalue weighted by Gasteiger charge is -2.34. The largest absolute Gasteiger partial charge is 0.379 e. The number of benzene rings is 1. The number of ether oxygens (including phenoxy) is 1. The van der Waals surface area contributed by atoms with Crippen LogP contribution in [0.2, 0.25) is 0 Å². The molecular formula is C24H28FN7O2. The van der Waals surface area contributed by atoms with Gasteiger partial charge in [0, 0.05) is 38.3 Å². The number of morpholine rings is 1. The average molecular weight is 466 g/mol. The van der Waals surface area contributed by atoms with Gasteiger partial charge in [-0.15, -0.1) is 0 Å². The van der Waals surface area contributed by atoms with Gasteiger partial charge in [0.15, 0.2) is 5.82 Å². The fourth-order valence-electron chi connectivity index (χ4n) is 4.54. The summed E-state index contributed by atoms with van der Waals surface area (Å²) in [7, 11) is 0. The molecule has 1 amide bonds. The number of rotatable bonds is 5. The van der Waals surface area contributed by atoms with Crippen LogP contribution >= 0.6 is 0 Å². The summed E-state index contributed by atoms with van der Waals surface area (Å²) in [5.74, 6) is -0.0676. The summed E-state index contributed by atoms with van der Waals surface area (Å²) in [5.41, 5.74) is 15.4. The summed E-state index contributed by atoms with van der Waals surface area (Å²) in [5, 5.41) is 0. The summed E-state index contributed by atoms with van der Waals surface area (Å²) >= 11 is 0. The van der Waals surface area contributed by atoms with Crippen molar-refractivity contribution in [3.05, 3.63) is 47.8 Å². The second-order valence-corrected chi connectivity index (χ2v) is 8.81. The van der Waals surface area contributed by atoms with Crippen LogP contribution in [0.15, 0.2) is 36.7 Å². The van der Waals surface area contributed by atoms with Gasteiger partial charge in [0.2, 0.25) is 0 Å². The fraction of sp³-hybridized carbons (Fsp3) is 0.417. The van der Waals surface area contributed by atoms with E-state index in [4.69, 9.17) is 21.2 Å². The van der Waals surface area contributed by atoms with Crippen LogP contribution < -0.4 is 16.4 Å². The molecule has 10 heteroatoms. The van der Waals surface area contributed by atoms with Crippen LogP contribution in [0, 0.1) is 0 Å². The van der Waals surface area contributed by atoms with Gasteiger partial charge in [0.25, 0.3) is 5.91 Å².